The van der Waals surface area contributed by atoms with E-state index in [0.29, 0.717) is 12.3 Å². The first-order valence-electron chi connectivity index (χ1n) is 6.51. The predicted octanol–water partition coefficient (Wildman–Crippen LogP) is 1.41. The number of carbonyl (C=O) groups is 1. The van der Waals surface area contributed by atoms with Crippen LogP contribution in [0.2, 0.25) is 0 Å². The number of carbonyl (C=O) groups excluding carboxylic acids is 1. The van der Waals surface area contributed by atoms with Crippen LogP contribution in [-0.2, 0) is 4.79 Å². The highest BCUT2D eigenvalue weighted by Gasteiger charge is 2.27. The molecule has 1 amide bonds. The first kappa shape index (κ1) is 13.8. The van der Waals surface area contributed by atoms with Gasteiger partial charge in [0.15, 0.2) is 6.10 Å². The first-order valence-corrected chi connectivity index (χ1v) is 6.51. The van der Waals surface area contributed by atoms with E-state index in [-0.39, 0.29) is 17.8 Å². The zero-order valence-electron chi connectivity index (χ0n) is 11.2. The number of amides is 1. The van der Waals surface area contributed by atoms with Crippen LogP contribution in [0.1, 0.15) is 13.8 Å². The van der Waals surface area contributed by atoms with E-state index in [2.05, 4.69) is 5.32 Å². The molecular formula is C14H19FN2O2. The minimum atomic E-state index is -0.564. The maximum atomic E-state index is 12.8. The van der Waals surface area contributed by atoms with E-state index < -0.39 is 6.10 Å². The van der Waals surface area contributed by atoms with Crippen molar-refractivity contribution in [3.8, 4) is 5.75 Å². The van der Waals surface area contributed by atoms with Crippen molar-refractivity contribution in [1.29, 1.82) is 0 Å². The molecular weight excluding hydrogens is 247 g/mol. The summed E-state index contributed by atoms with van der Waals surface area (Å²) in [5, 5.41) is 3.24. The second-order valence-corrected chi connectivity index (χ2v) is 4.80. The molecule has 2 atom stereocenters. The van der Waals surface area contributed by atoms with E-state index in [9.17, 15) is 9.18 Å². The molecule has 104 valence electrons. The Morgan fingerprint density at radius 1 is 1.47 bits per heavy atom. The van der Waals surface area contributed by atoms with Crippen LogP contribution in [0.3, 0.4) is 0 Å². The van der Waals surface area contributed by atoms with E-state index in [4.69, 9.17) is 4.74 Å². The van der Waals surface area contributed by atoms with Crippen molar-refractivity contribution in [2.75, 3.05) is 19.6 Å². The molecule has 1 saturated heterocycles. The molecule has 4 nitrogen and oxygen atoms in total. The quantitative estimate of drug-likeness (QED) is 0.899. The van der Waals surface area contributed by atoms with E-state index in [1.165, 1.54) is 24.3 Å². The van der Waals surface area contributed by atoms with Gasteiger partial charge in [-0.25, -0.2) is 4.39 Å². The number of piperazine rings is 1. The van der Waals surface area contributed by atoms with Crippen LogP contribution in [0, 0.1) is 5.82 Å². The highest BCUT2D eigenvalue weighted by Crippen LogP contribution is 2.15. The summed E-state index contributed by atoms with van der Waals surface area (Å²) >= 11 is 0. The lowest BCUT2D eigenvalue weighted by Crippen LogP contribution is -2.55. The minimum Gasteiger partial charge on any atom is -0.481 e. The Labute approximate surface area is 112 Å². The summed E-state index contributed by atoms with van der Waals surface area (Å²) in [6.07, 6.45) is -0.564. The van der Waals surface area contributed by atoms with Gasteiger partial charge in [-0.15, -0.1) is 0 Å². The normalized spacial score (nSPS) is 21.0. The molecule has 0 radical (unpaired) electrons. The lowest BCUT2D eigenvalue weighted by Gasteiger charge is -2.35. The van der Waals surface area contributed by atoms with Gasteiger partial charge in [0.1, 0.15) is 11.6 Å². The van der Waals surface area contributed by atoms with Crippen LogP contribution in [0.15, 0.2) is 24.3 Å². The molecule has 1 unspecified atom stereocenters. The van der Waals surface area contributed by atoms with Crippen LogP contribution >= 0.6 is 0 Å². The molecule has 1 aliphatic rings. The molecule has 0 aromatic heterocycles. The zero-order valence-corrected chi connectivity index (χ0v) is 11.2. The number of nitrogens with one attached hydrogen (secondary N) is 1. The third-order valence-electron chi connectivity index (χ3n) is 3.26. The van der Waals surface area contributed by atoms with E-state index in [0.717, 1.165) is 13.1 Å². The molecule has 0 aliphatic carbocycles. The summed E-state index contributed by atoms with van der Waals surface area (Å²) in [4.78, 5) is 14.1. The predicted molar refractivity (Wildman–Crippen MR) is 70.5 cm³/mol. The fourth-order valence-corrected chi connectivity index (χ4v) is 2.17. The highest BCUT2D eigenvalue weighted by atomic mass is 19.1. The third kappa shape index (κ3) is 3.44. The molecule has 0 spiro atoms. The monoisotopic (exact) mass is 266 g/mol. The Morgan fingerprint density at radius 2 is 2.16 bits per heavy atom. The van der Waals surface area contributed by atoms with Crippen LogP contribution in [0.25, 0.3) is 0 Å². The molecule has 19 heavy (non-hydrogen) atoms. The van der Waals surface area contributed by atoms with Gasteiger partial charge in [-0.3, -0.25) is 4.79 Å². The number of hydrogen-bond acceptors (Lipinski definition) is 3. The SMILES string of the molecule is CC(Oc1ccc(F)cc1)C(=O)N1CCNC[C@H]1C. The van der Waals surface area contributed by atoms with Gasteiger partial charge in [-0.2, -0.15) is 0 Å². The van der Waals surface area contributed by atoms with Gasteiger partial charge in [0.05, 0.1) is 0 Å². The summed E-state index contributed by atoms with van der Waals surface area (Å²) in [6.45, 7) is 6.03. The molecule has 0 saturated carbocycles. The van der Waals surface area contributed by atoms with Gasteiger partial charge in [-0.1, -0.05) is 0 Å². The lowest BCUT2D eigenvalue weighted by atomic mass is 10.2. The number of hydrogen-bond donors (Lipinski definition) is 1. The van der Waals surface area contributed by atoms with Crippen LogP contribution in [0.4, 0.5) is 4.39 Å². The smallest absolute Gasteiger partial charge is 0.263 e. The van der Waals surface area contributed by atoms with Crippen molar-refractivity contribution in [3.63, 3.8) is 0 Å². The average molecular weight is 266 g/mol. The zero-order chi connectivity index (χ0) is 13.8. The second-order valence-electron chi connectivity index (χ2n) is 4.80. The molecule has 1 aromatic carbocycles. The Balaban J connectivity index is 1.96. The largest absolute Gasteiger partial charge is 0.481 e. The van der Waals surface area contributed by atoms with Gasteiger partial charge in [0.25, 0.3) is 5.91 Å². The molecule has 2 rings (SSSR count). The molecule has 1 fully saturated rings. The summed E-state index contributed by atoms with van der Waals surface area (Å²) in [7, 11) is 0. The van der Waals surface area contributed by atoms with Crippen molar-refractivity contribution in [1.82, 2.24) is 10.2 Å². The van der Waals surface area contributed by atoms with E-state index in [1.807, 2.05) is 11.8 Å². The minimum absolute atomic E-state index is 0.0293. The maximum Gasteiger partial charge on any atom is 0.263 e. The lowest BCUT2D eigenvalue weighted by molar-refractivity contribution is -0.140. The van der Waals surface area contributed by atoms with Gasteiger partial charge in [0.2, 0.25) is 0 Å². The maximum absolute atomic E-state index is 12.8. The summed E-state index contributed by atoms with van der Waals surface area (Å²) < 4.78 is 18.3. The number of rotatable bonds is 3. The number of halogens is 1. The van der Waals surface area contributed by atoms with Crippen LogP contribution < -0.4 is 10.1 Å². The standard InChI is InChI=1S/C14H19FN2O2/c1-10-9-16-7-8-17(10)14(18)11(2)19-13-5-3-12(15)4-6-13/h3-6,10-11,16H,7-9H2,1-2H3/t10-,11?/m1/s1. The van der Waals surface area contributed by atoms with Crippen molar-refractivity contribution >= 4 is 5.91 Å². The summed E-state index contributed by atoms with van der Waals surface area (Å²) in [5.74, 6) is 0.158. The molecule has 5 heteroatoms. The topological polar surface area (TPSA) is 41.6 Å². The van der Waals surface area contributed by atoms with Crippen molar-refractivity contribution in [3.05, 3.63) is 30.1 Å². The van der Waals surface area contributed by atoms with E-state index in [1.54, 1.807) is 6.92 Å². The van der Waals surface area contributed by atoms with Gasteiger partial charge < -0.3 is 15.0 Å². The molecule has 1 aliphatic heterocycles. The summed E-state index contributed by atoms with van der Waals surface area (Å²) in [5.41, 5.74) is 0. The molecule has 1 N–H and O–H groups in total. The molecule has 1 aromatic rings. The second kappa shape index (κ2) is 6.02. The average Bonchev–Trinajstić information content (AvgIpc) is 2.41. The third-order valence-corrected chi connectivity index (χ3v) is 3.26. The Hall–Kier alpha value is -1.62. The fraction of sp³-hybridized carbons (Fsp3) is 0.500. The first-order chi connectivity index (χ1) is 9.08. The molecule has 0 bridgehead atoms. The van der Waals surface area contributed by atoms with Crippen molar-refractivity contribution in [2.45, 2.75) is 26.0 Å². The Morgan fingerprint density at radius 3 is 2.79 bits per heavy atom. The fourth-order valence-electron chi connectivity index (χ4n) is 2.17. The van der Waals surface area contributed by atoms with Crippen LogP contribution in [-0.4, -0.2) is 42.6 Å². The van der Waals surface area contributed by atoms with Crippen molar-refractivity contribution in [2.24, 2.45) is 0 Å². The highest BCUT2D eigenvalue weighted by molar-refractivity contribution is 5.81. The Bertz CT molecular complexity index is 436. The molecule has 1 heterocycles. The van der Waals surface area contributed by atoms with E-state index >= 15 is 0 Å². The summed E-state index contributed by atoms with van der Waals surface area (Å²) in [6, 6.07) is 5.86. The van der Waals surface area contributed by atoms with Gasteiger partial charge >= 0.3 is 0 Å². The number of nitrogens with zero attached hydrogens (tertiary/aromatic N) is 1. The number of benzene rings is 1. The van der Waals surface area contributed by atoms with Gasteiger partial charge in [0, 0.05) is 25.7 Å². The van der Waals surface area contributed by atoms with Crippen molar-refractivity contribution < 1.29 is 13.9 Å². The number of ether oxygens (including phenoxy) is 1. The Kier molecular flexibility index (Phi) is 4.37. The van der Waals surface area contributed by atoms with Crippen LogP contribution in [0.5, 0.6) is 5.75 Å². The van der Waals surface area contributed by atoms with Gasteiger partial charge in [-0.05, 0) is 38.1 Å².